The van der Waals surface area contributed by atoms with E-state index in [0.29, 0.717) is 5.92 Å². The molecule has 0 aromatic rings. The summed E-state index contributed by atoms with van der Waals surface area (Å²) in [5.74, 6) is 0.496. The summed E-state index contributed by atoms with van der Waals surface area (Å²) in [5, 5.41) is 9.00. The molecule has 1 rings (SSSR count). The average molecular weight is 394 g/mol. The van der Waals surface area contributed by atoms with Crippen LogP contribution in [0.25, 0.3) is 0 Å². The fraction of sp³-hybridized carbons (Fsp3) is 0.600. The molecule has 2 nitrogen and oxygen atoms in total. The third-order valence-corrected chi connectivity index (χ3v) is 3.79. The fourth-order valence-corrected chi connectivity index (χ4v) is 2.68. The molecule has 4 heteroatoms. The second kappa shape index (κ2) is 9.11. The molecule has 3 unspecified atom stereocenters. The van der Waals surface area contributed by atoms with Crippen molar-refractivity contribution in [3.05, 3.63) is 33.8 Å². The highest BCUT2D eigenvalue weighted by Crippen LogP contribution is 2.25. The van der Waals surface area contributed by atoms with Gasteiger partial charge in [-0.15, -0.1) is 0 Å². The molecule has 0 saturated heterocycles. The third kappa shape index (κ3) is 7.45. The van der Waals surface area contributed by atoms with Gasteiger partial charge in [-0.3, -0.25) is 0 Å². The molecule has 0 aromatic heterocycles. The van der Waals surface area contributed by atoms with Gasteiger partial charge in [-0.05, 0) is 63.5 Å². The molecule has 3 atom stereocenters. The van der Waals surface area contributed by atoms with E-state index in [4.69, 9.17) is 9.84 Å². The summed E-state index contributed by atoms with van der Waals surface area (Å²) in [6.07, 6.45) is 10.6. The Kier molecular flexibility index (Phi) is 8.23. The molecule has 0 saturated carbocycles. The van der Waals surface area contributed by atoms with Gasteiger partial charge >= 0.3 is 0 Å². The van der Waals surface area contributed by atoms with Gasteiger partial charge in [0.05, 0.1) is 22.2 Å². The normalized spacial score (nSPS) is 24.0. The van der Waals surface area contributed by atoms with Gasteiger partial charge in [-0.2, -0.15) is 0 Å². The predicted molar refractivity (Wildman–Crippen MR) is 87.6 cm³/mol. The van der Waals surface area contributed by atoms with E-state index in [9.17, 15) is 0 Å². The molecule has 19 heavy (non-hydrogen) atoms. The molecule has 1 N–H and O–H groups in total. The van der Waals surface area contributed by atoms with Crippen molar-refractivity contribution in [2.24, 2.45) is 5.92 Å². The highest BCUT2D eigenvalue weighted by Gasteiger charge is 2.20. The number of hydrogen-bond acceptors (Lipinski definition) is 2. The van der Waals surface area contributed by atoms with Gasteiger partial charge in [0.2, 0.25) is 0 Å². The zero-order valence-electron chi connectivity index (χ0n) is 11.3. The molecule has 0 amide bonds. The first-order chi connectivity index (χ1) is 9.01. The summed E-state index contributed by atoms with van der Waals surface area (Å²) >= 11 is 6.71. The molecule has 0 bridgehead atoms. The summed E-state index contributed by atoms with van der Waals surface area (Å²) in [7, 11) is 0. The lowest BCUT2D eigenvalue weighted by molar-refractivity contribution is -0.00432. The molecule has 0 aliphatic carbocycles. The summed E-state index contributed by atoms with van der Waals surface area (Å²) in [6.45, 7) is 6.12. The zero-order valence-corrected chi connectivity index (χ0v) is 14.5. The lowest BCUT2D eigenvalue weighted by Crippen LogP contribution is -2.25. The van der Waals surface area contributed by atoms with Crippen LogP contribution in [0.4, 0.5) is 0 Å². The molecular weight excluding hydrogens is 372 g/mol. The molecule has 0 aromatic carbocycles. The highest BCUT2D eigenvalue weighted by molar-refractivity contribution is 9.28. The van der Waals surface area contributed by atoms with E-state index in [-0.39, 0.29) is 18.8 Å². The van der Waals surface area contributed by atoms with Crippen LogP contribution in [0.5, 0.6) is 0 Å². The molecule has 1 aliphatic rings. The van der Waals surface area contributed by atoms with Crippen LogP contribution in [0.15, 0.2) is 33.8 Å². The van der Waals surface area contributed by atoms with E-state index in [0.717, 1.165) is 34.6 Å². The van der Waals surface area contributed by atoms with Crippen molar-refractivity contribution in [1.29, 1.82) is 0 Å². The smallest absolute Gasteiger partial charge is 0.0794 e. The summed E-state index contributed by atoms with van der Waals surface area (Å²) in [4.78, 5) is 0. The van der Waals surface area contributed by atoms with Crippen molar-refractivity contribution < 1.29 is 9.84 Å². The van der Waals surface area contributed by atoms with E-state index in [1.54, 1.807) is 0 Å². The van der Waals surface area contributed by atoms with Gasteiger partial charge in [0.1, 0.15) is 0 Å². The number of ether oxygens (including phenoxy) is 1. The van der Waals surface area contributed by atoms with Crippen LogP contribution in [0.1, 0.15) is 32.6 Å². The molecule has 1 aliphatic heterocycles. The monoisotopic (exact) mass is 392 g/mol. The van der Waals surface area contributed by atoms with E-state index in [1.165, 1.54) is 0 Å². The van der Waals surface area contributed by atoms with E-state index in [1.807, 2.05) is 0 Å². The van der Waals surface area contributed by atoms with Crippen molar-refractivity contribution in [3.8, 4) is 0 Å². The quantitative estimate of drug-likeness (QED) is 0.636. The SMILES string of the molecule is C=C(CO)CC(C)CC1CC=CC(CC=C(Br)Br)O1. The lowest BCUT2D eigenvalue weighted by atomic mass is 9.94. The minimum absolute atomic E-state index is 0.0858. The Morgan fingerprint density at radius 2 is 2.32 bits per heavy atom. The van der Waals surface area contributed by atoms with Crippen LogP contribution in [-0.4, -0.2) is 23.9 Å². The Bertz CT molecular complexity index is 346. The van der Waals surface area contributed by atoms with Crippen molar-refractivity contribution in [2.75, 3.05) is 6.61 Å². The number of aliphatic hydroxyl groups excluding tert-OH is 1. The zero-order chi connectivity index (χ0) is 14.3. The summed E-state index contributed by atoms with van der Waals surface area (Å²) < 4.78 is 7.02. The van der Waals surface area contributed by atoms with Crippen molar-refractivity contribution >= 4 is 31.9 Å². The minimum atomic E-state index is 0.0858. The van der Waals surface area contributed by atoms with Crippen LogP contribution in [-0.2, 0) is 4.74 Å². The Hall–Kier alpha value is 0.1000. The predicted octanol–water partition coefficient (Wildman–Crippen LogP) is 4.69. The van der Waals surface area contributed by atoms with E-state index < -0.39 is 0 Å². The van der Waals surface area contributed by atoms with Crippen LogP contribution < -0.4 is 0 Å². The first kappa shape index (κ1) is 17.2. The second-order valence-corrected chi connectivity index (χ2v) is 7.92. The van der Waals surface area contributed by atoms with Crippen molar-refractivity contribution in [1.82, 2.24) is 0 Å². The first-order valence-corrected chi connectivity index (χ1v) is 8.20. The average Bonchev–Trinajstić information content (AvgIpc) is 2.36. The Balaban J connectivity index is 2.38. The number of hydrogen-bond donors (Lipinski definition) is 1. The number of aliphatic hydroxyl groups is 1. The van der Waals surface area contributed by atoms with Gasteiger partial charge < -0.3 is 9.84 Å². The second-order valence-electron chi connectivity index (χ2n) is 5.14. The Morgan fingerprint density at radius 1 is 1.58 bits per heavy atom. The first-order valence-electron chi connectivity index (χ1n) is 6.62. The standard InChI is InChI=1S/C15H22Br2O2/c1-11(8-12(2)10-18)9-14-5-3-4-13(19-14)6-7-15(16)17/h3-4,7,11,13-14,18H,2,5-6,8-10H2,1H3. The maximum Gasteiger partial charge on any atom is 0.0794 e. The van der Waals surface area contributed by atoms with Gasteiger partial charge in [-0.1, -0.05) is 37.3 Å². The summed E-state index contributed by atoms with van der Waals surface area (Å²) in [6, 6.07) is 0. The van der Waals surface area contributed by atoms with Crippen LogP contribution >= 0.6 is 31.9 Å². The maximum atomic E-state index is 9.00. The third-order valence-electron chi connectivity index (χ3n) is 3.15. The van der Waals surface area contributed by atoms with Crippen molar-refractivity contribution in [3.63, 3.8) is 0 Å². The van der Waals surface area contributed by atoms with E-state index >= 15 is 0 Å². The molecule has 108 valence electrons. The maximum absolute atomic E-state index is 9.00. The number of halogens is 2. The minimum Gasteiger partial charge on any atom is -0.392 e. The van der Waals surface area contributed by atoms with Crippen LogP contribution in [0.3, 0.4) is 0 Å². The molecular formula is C15H22Br2O2. The lowest BCUT2D eigenvalue weighted by Gasteiger charge is -2.27. The molecule has 0 spiro atoms. The van der Waals surface area contributed by atoms with Gasteiger partial charge in [0.25, 0.3) is 0 Å². The van der Waals surface area contributed by atoms with Gasteiger partial charge in [0.15, 0.2) is 0 Å². The van der Waals surface area contributed by atoms with Crippen LogP contribution in [0.2, 0.25) is 0 Å². The van der Waals surface area contributed by atoms with E-state index in [2.05, 4.69) is 63.6 Å². The summed E-state index contributed by atoms with van der Waals surface area (Å²) in [5.41, 5.74) is 0.904. The van der Waals surface area contributed by atoms with Crippen molar-refractivity contribution in [2.45, 2.75) is 44.8 Å². The van der Waals surface area contributed by atoms with Crippen LogP contribution in [0, 0.1) is 5.92 Å². The van der Waals surface area contributed by atoms with Gasteiger partial charge in [0, 0.05) is 0 Å². The number of rotatable bonds is 7. The highest BCUT2D eigenvalue weighted by atomic mass is 79.9. The topological polar surface area (TPSA) is 29.5 Å². The molecule has 1 heterocycles. The molecule has 0 radical (unpaired) electrons. The Labute approximate surface area is 132 Å². The largest absolute Gasteiger partial charge is 0.392 e. The fourth-order valence-electron chi connectivity index (χ4n) is 2.31. The Morgan fingerprint density at radius 3 is 2.95 bits per heavy atom. The van der Waals surface area contributed by atoms with Gasteiger partial charge in [-0.25, -0.2) is 0 Å². The molecule has 0 fully saturated rings.